The summed E-state index contributed by atoms with van der Waals surface area (Å²) in [7, 11) is 0. The van der Waals surface area contributed by atoms with Crippen LogP contribution < -0.4 is 0 Å². The van der Waals surface area contributed by atoms with Crippen molar-refractivity contribution in [2.24, 2.45) is 0 Å². The highest BCUT2D eigenvalue weighted by Gasteiger charge is 1.78. The Hall–Kier alpha value is -1.55. The van der Waals surface area contributed by atoms with E-state index in [9.17, 15) is 4.79 Å². The zero-order valence-corrected chi connectivity index (χ0v) is 5.37. The minimum absolute atomic E-state index is 0.964. The fourth-order valence-electron chi connectivity index (χ4n) is 0.662. The molecule has 0 saturated heterocycles. The molecule has 1 rings (SSSR count). The first-order chi connectivity index (χ1) is 4.93. The van der Waals surface area contributed by atoms with E-state index in [-0.39, 0.29) is 0 Å². The van der Waals surface area contributed by atoms with E-state index in [0.717, 1.165) is 5.56 Å². The van der Waals surface area contributed by atoms with Gasteiger partial charge in [-0.3, -0.25) is 0 Å². The van der Waals surface area contributed by atoms with Crippen molar-refractivity contribution in [1.82, 2.24) is 0 Å². The molecule has 0 aliphatic heterocycles. The van der Waals surface area contributed by atoms with Crippen molar-refractivity contribution in [2.75, 3.05) is 0 Å². The van der Waals surface area contributed by atoms with Gasteiger partial charge in [0.15, 0.2) is 5.94 Å². The number of hydrogen-bond acceptors (Lipinski definition) is 1. The standard InChI is InChI=1S/C9H6O/c10-8-4-7-9-5-2-1-3-6-9/h1-3,5-7H. The second-order valence-corrected chi connectivity index (χ2v) is 1.80. The second-order valence-electron chi connectivity index (χ2n) is 1.80. The summed E-state index contributed by atoms with van der Waals surface area (Å²) in [6.07, 6.45) is 1.59. The molecule has 0 N–H and O–H groups in total. The van der Waals surface area contributed by atoms with E-state index in [1.54, 1.807) is 12.0 Å². The molecule has 0 amide bonds. The summed E-state index contributed by atoms with van der Waals surface area (Å²) in [5.74, 6) is 1.56. The van der Waals surface area contributed by atoms with Crippen LogP contribution in [0.1, 0.15) is 5.56 Å². The van der Waals surface area contributed by atoms with Gasteiger partial charge >= 0.3 is 0 Å². The molecule has 0 aromatic heterocycles. The topological polar surface area (TPSA) is 17.1 Å². The van der Waals surface area contributed by atoms with Gasteiger partial charge in [-0.1, -0.05) is 30.3 Å². The van der Waals surface area contributed by atoms with Crippen LogP contribution in [-0.2, 0) is 4.79 Å². The highest BCUT2D eigenvalue weighted by Crippen LogP contribution is 1.98. The highest BCUT2D eigenvalue weighted by atomic mass is 16.1. The lowest BCUT2D eigenvalue weighted by Crippen LogP contribution is -1.65. The molecule has 0 spiro atoms. The Morgan fingerprint density at radius 3 is 2.50 bits per heavy atom. The number of carbonyl (C=O) groups excluding carboxylic acids is 1. The molecule has 0 radical (unpaired) electrons. The summed E-state index contributed by atoms with van der Waals surface area (Å²) in [5, 5.41) is 0. The van der Waals surface area contributed by atoms with E-state index in [2.05, 4.69) is 5.73 Å². The molecule has 10 heavy (non-hydrogen) atoms. The average molecular weight is 130 g/mol. The van der Waals surface area contributed by atoms with Gasteiger partial charge in [-0.05, 0) is 17.4 Å². The Morgan fingerprint density at radius 1 is 1.20 bits per heavy atom. The first-order valence-corrected chi connectivity index (χ1v) is 2.94. The maximum absolute atomic E-state index is 9.71. The fraction of sp³-hybridized carbons (Fsp3) is 0. The number of hydrogen-bond donors (Lipinski definition) is 0. The lowest BCUT2D eigenvalue weighted by Gasteiger charge is -1.84. The predicted octanol–water partition coefficient (Wildman–Crippen LogP) is 1.69. The molecule has 0 fully saturated rings. The minimum atomic E-state index is 0.964. The summed E-state index contributed by atoms with van der Waals surface area (Å²) in [5.41, 5.74) is 3.30. The van der Waals surface area contributed by atoms with Crippen LogP contribution in [0.25, 0.3) is 6.08 Å². The van der Waals surface area contributed by atoms with Crippen LogP contribution in [0.2, 0.25) is 0 Å². The maximum Gasteiger partial charge on any atom is 0.177 e. The zero-order chi connectivity index (χ0) is 7.23. The quantitative estimate of drug-likeness (QED) is 0.417. The number of benzene rings is 1. The minimum Gasteiger partial charge on any atom is -0.224 e. The molecule has 1 aromatic carbocycles. The van der Waals surface area contributed by atoms with Crippen molar-refractivity contribution in [1.29, 1.82) is 0 Å². The molecule has 0 heterocycles. The van der Waals surface area contributed by atoms with Gasteiger partial charge in [-0.25, -0.2) is 4.79 Å². The SMILES string of the molecule is O=C=C=Cc1ccccc1. The van der Waals surface area contributed by atoms with Crippen molar-refractivity contribution in [3.63, 3.8) is 0 Å². The molecular formula is C9H6O. The molecule has 1 nitrogen and oxygen atoms in total. The molecule has 0 aliphatic carbocycles. The third-order valence-electron chi connectivity index (χ3n) is 1.10. The van der Waals surface area contributed by atoms with Crippen molar-refractivity contribution in [3.05, 3.63) is 41.6 Å². The van der Waals surface area contributed by atoms with Crippen molar-refractivity contribution in [3.8, 4) is 0 Å². The van der Waals surface area contributed by atoms with E-state index in [0.29, 0.717) is 0 Å². The predicted molar refractivity (Wildman–Crippen MR) is 40.1 cm³/mol. The van der Waals surface area contributed by atoms with Gasteiger partial charge in [-0.2, -0.15) is 0 Å². The van der Waals surface area contributed by atoms with Crippen molar-refractivity contribution < 1.29 is 4.79 Å². The molecule has 0 bridgehead atoms. The van der Waals surface area contributed by atoms with Gasteiger partial charge < -0.3 is 0 Å². The molecule has 48 valence electrons. The summed E-state index contributed by atoms with van der Waals surface area (Å²) >= 11 is 0. The molecule has 0 saturated carbocycles. The lowest BCUT2D eigenvalue weighted by atomic mass is 10.2. The summed E-state index contributed by atoms with van der Waals surface area (Å²) < 4.78 is 0. The fourth-order valence-corrected chi connectivity index (χ4v) is 0.662. The van der Waals surface area contributed by atoms with Gasteiger partial charge in [0.25, 0.3) is 0 Å². The Labute approximate surface area is 59.3 Å². The first kappa shape index (κ1) is 6.57. The zero-order valence-electron chi connectivity index (χ0n) is 5.37. The van der Waals surface area contributed by atoms with Crippen LogP contribution in [0.5, 0.6) is 0 Å². The van der Waals surface area contributed by atoms with Crippen LogP contribution in [0.4, 0.5) is 0 Å². The molecular weight excluding hydrogens is 124 g/mol. The lowest BCUT2D eigenvalue weighted by molar-refractivity contribution is 0.569. The van der Waals surface area contributed by atoms with Crippen LogP contribution in [0.15, 0.2) is 36.1 Å². The maximum atomic E-state index is 9.71. The molecule has 0 unspecified atom stereocenters. The Balaban J connectivity index is 2.97. The van der Waals surface area contributed by atoms with Crippen LogP contribution >= 0.6 is 0 Å². The van der Waals surface area contributed by atoms with Gasteiger partial charge in [0.2, 0.25) is 0 Å². The molecule has 1 aromatic rings. The Morgan fingerprint density at radius 2 is 1.90 bits per heavy atom. The summed E-state index contributed by atoms with van der Waals surface area (Å²) in [6.45, 7) is 0. The third-order valence-corrected chi connectivity index (χ3v) is 1.10. The van der Waals surface area contributed by atoms with Gasteiger partial charge in [0.1, 0.15) is 0 Å². The van der Waals surface area contributed by atoms with E-state index in [1.807, 2.05) is 30.3 Å². The highest BCUT2D eigenvalue weighted by molar-refractivity contribution is 5.58. The summed E-state index contributed by atoms with van der Waals surface area (Å²) in [4.78, 5) is 9.71. The summed E-state index contributed by atoms with van der Waals surface area (Å²) in [6, 6.07) is 9.51. The largest absolute Gasteiger partial charge is 0.224 e. The first-order valence-electron chi connectivity index (χ1n) is 2.94. The van der Waals surface area contributed by atoms with Gasteiger partial charge in [-0.15, -0.1) is 0 Å². The van der Waals surface area contributed by atoms with E-state index in [1.165, 1.54) is 0 Å². The van der Waals surface area contributed by atoms with Crippen LogP contribution in [-0.4, -0.2) is 5.94 Å². The van der Waals surface area contributed by atoms with Crippen molar-refractivity contribution in [2.45, 2.75) is 0 Å². The third kappa shape index (κ3) is 1.75. The number of rotatable bonds is 1. The van der Waals surface area contributed by atoms with Crippen LogP contribution in [0.3, 0.4) is 0 Å². The Kier molecular flexibility index (Phi) is 2.28. The van der Waals surface area contributed by atoms with Crippen molar-refractivity contribution >= 4 is 12.0 Å². The smallest absolute Gasteiger partial charge is 0.177 e. The molecule has 0 aliphatic rings. The van der Waals surface area contributed by atoms with E-state index >= 15 is 0 Å². The average Bonchev–Trinajstić information content (AvgIpc) is 2.03. The van der Waals surface area contributed by atoms with E-state index in [4.69, 9.17) is 0 Å². The molecule has 0 atom stereocenters. The molecule has 1 heteroatoms. The monoisotopic (exact) mass is 130 g/mol. The second kappa shape index (κ2) is 3.47. The van der Waals surface area contributed by atoms with Gasteiger partial charge in [0, 0.05) is 0 Å². The van der Waals surface area contributed by atoms with Gasteiger partial charge in [0.05, 0.1) is 0 Å². The Bertz CT molecular complexity index is 275. The normalized spacial score (nSPS) is 7.60. The van der Waals surface area contributed by atoms with E-state index < -0.39 is 0 Å². The van der Waals surface area contributed by atoms with Crippen LogP contribution in [0, 0.1) is 0 Å².